The van der Waals surface area contributed by atoms with Gasteiger partial charge in [-0.15, -0.1) is 0 Å². The molecule has 1 fully saturated rings. The largest absolute Gasteiger partial charge is 0.274 e. The molecule has 0 amide bonds. The van der Waals surface area contributed by atoms with E-state index in [-0.39, 0.29) is 4.45 Å². The molecule has 0 aromatic heterocycles. The van der Waals surface area contributed by atoms with Crippen molar-refractivity contribution < 1.29 is 4.79 Å². The maximum atomic E-state index is 10.7. The van der Waals surface area contributed by atoms with Gasteiger partial charge in [0.15, 0.2) is 0 Å². The summed E-state index contributed by atoms with van der Waals surface area (Å²) in [6, 6.07) is 0. The van der Waals surface area contributed by atoms with Crippen LogP contribution in [-0.4, -0.2) is 21.2 Å². The third-order valence-electron chi connectivity index (χ3n) is 1.13. The average molecular weight is 180 g/mol. The summed E-state index contributed by atoms with van der Waals surface area (Å²) < 4.78 is 0.264. The van der Waals surface area contributed by atoms with Gasteiger partial charge in [0.2, 0.25) is 4.45 Å². The highest BCUT2D eigenvalue weighted by Crippen LogP contribution is 2.31. The third-order valence-corrected chi connectivity index (χ3v) is 4.06. The lowest BCUT2D eigenvalue weighted by Gasteiger charge is -2.16. The van der Waals surface area contributed by atoms with Gasteiger partial charge >= 0.3 is 0 Å². The van der Waals surface area contributed by atoms with Crippen LogP contribution in [0, 0.1) is 0 Å². The van der Waals surface area contributed by atoms with E-state index in [4.69, 9.17) is 0 Å². The van der Waals surface area contributed by atoms with Crippen molar-refractivity contribution in [3.8, 4) is 0 Å². The molecule has 0 bridgehead atoms. The van der Waals surface area contributed by atoms with Crippen LogP contribution < -0.4 is 0 Å². The fraction of sp³-hybridized carbons (Fsp3) is 0.800. The average Bonchev–Trinajstić information content (AvgIpc) is 1.88. The molecule has 1 atom stereocenters. The molecule has 1 saturated heterocycles. The van der Waals surface area contributed by atoms with E-state index < -0.39 is 0 Å². The van der Waals surface area contributed by atoms with E-state index in [1.54, 1.807) is 0 Å². The predicted molar refractivity (Wildman–Crippen MR) is 47.7 cm³/mol. The number of carbonyl (C=O) groups excluding carboxylic acids is 1. The standard InChI is InChI=1S/C5H8OS3/c6-5-8-2-1-4(3-7)9-5/h4,7H,1-3H2. The molecule has 0 aliphatic carbocycles. The van der Waals surface area contributed by atoms with Crippen molar-refractivity contribution >= 4 is 40.6 Å². The smallest absolute Gasteiger partial charge is 0.246 e. The molecule has 0 aromatic carbocycles. The van der Waals surface area contributed by atoms with Crippen LogP contribution in [0.4, 0.5) is 4.79 Å². The van der Waals surface area contributed by atoms with Gasteiger partial charge in [-0.05, 0) is 6.42 Å². The lowest BCUT2D eigenvalue weighted by Crippen LogP contribution is -2.13. The van der Waals surface area contributed by atoms with Crippen molar-refractivity contribution in [2.24, 2.45) is 0 Å². The summed E-state index contributed by atoms with van der Waals surface area (Å²) in [5, 5.41) is 0.474. The highest BCUT2D eigenvalue weighted by Gasteiger charge is 2.18. The number of thioether (sulfide) groups is 2. The van der Waals surface area contributed by atoms with Crippen LogP contribution in [0.1, 0.15) is 6.42 Å². The summed E-state index contributed by atoms with van der Waals surface area (Å²) in [5.74, 6) is 1.81. The summed E-state index contributed by atoms with van der Waals surface area (Å²) in [6.45, 7) is 0. The number of carbonyl (C=O) groups is 1. The van der Waals surface area contributed by atoms with E-state index in [0.717, 1.165) is 17.9 Å². The molecule has 1 nitrogen and oxygen atoms in total. The van der Waals surface area contributed by atoms with Crippen molar-refractivity contribution in [3.63, 3.8) is 0 Å². The van der Waals surface area contributed by atoms with Crippen LogP contribution >= 0.6 is 36.2 Å². The molecule has 0 radical (unpaired) electrons. The Bertz CT molecular complexity index is 115. The van der Waals surface area contributed by atoms with Crippen molar-refractivity contribution in [3.05, 3.63) is 0 Å². The summed E-state index contributed by atoms with van der Waals surface area (Å²) >= 11 is 6.98. The Hall–Kier alpha value is 0.720. The van der Waals surface area contributed by atoms with Gasteiger partial charge in [0.1, 0.15) is 0 Å². The Balaban J connectivity index is 2.32. The molecule has 0 saturated carbocycles. The highest BCUT2D eigenvalue weighted by molar-refractivity contribution is 8.39. The van der Waals surface area contributed by atoms with Crippen LogP contribution in [0.25, 0.3) is 0 Å². The molecule has 1 aliphatic rings. The first-order valence-corrected chi connectivity index (χ1v) is 5.27. The molecule has 4 heteroatoms. The quantitative estimate of drug-likeness (QED) is 0.624. The lowest BCUT2D eigenvalue weighted by molar-refractivity contribution is 0.276. The van der Waals surface area contributed by atoms with Crippen LogP contribution in [0.15, 0.2) is 0 Å². The molecule has 9 heavy (non-hydrogen) atoms. The highest BCUT2D eigenvalue weighted by atomic mass is 32.2. The zero-order chi connectivity index (χ0) is 6.69. The van der Waals surface area contributed by atoms with Crippen LogP contribution in [0.3, 0.4) is 0 Å². The molecular formula is C5H8OS3. The molecule has 0 aromatic rings. The van der Waals surface area contributed by atoms with Gasteiger partial charge in [-0.1, -0.05) is 23.5 Å². The Labute approximate surface area is 68.8 Å². The van der Waals surface area contributed by atoms with Crippen molar-refractivity contribution in [2.75, 3.05) is 11.5 Å². The number of hydrogen-bond acceptors (Lipinski definition) is 4. The first-order chi connectivity index (χ1) is 4.33. The summed E-state index contributed by atoms with van der Waals surface area (Å²) in [5.41, 5.74) is 0. The Morgan fingerprint density at radius 3 is 3.00 bits per heavy atom. The zero-order valence-electron chi connectivity index (χ0n) is 4.87. The van der Waals surface area contributed by atoms with E-state index in [2.05, 4.69) is 12.6 Å². The van der Waals surface area contributed by atoms with Crippen LogP contribution in [0.5, 0.6) is 0 Å². The maximum Gasteiger partial charge on any atom is 0.246 e. The normalized spacial score (nSPS) is 28.6. The van der Waals surface area contributed by atoms with Gasteiger partial charge < -0.3 is 0 Å². The van der Waals surface area contributed by atoms with Gasteiger partial charge in [0.05, 0.1) is 0 Å². The molecule has 1 aliphatic heterocycles. The van der Waals surface area contributed by atoms with Crippen molar-refractivity contribution in [1.82, 2.24) is 0 Å². The number of thiol groups is 1. The minimum absolute atomic E-state index is 0.264. The van der Waals surface area contributed by atoms with E-state index in [0.29, 0.717) is 5.25 Å². The van der Waals surface area contributed by atoms with E-state index in [1.165, 1.54) is 23.5 Å². The fourth-order valence-electron chi connectivity index (χ4n) is 0.631. The second-order valence-corrected chi connectivity index (χ2v) is 4.77. The Kier molecular flexibility index (Phi) is 3.29. The molecule has 0 N–H and O–H groups in total. The first-order valence-electron chi connectivity index (χ1n) is 2.77. The minimum atomic E-state index is 0.264. The van der Waals surface area contributed by atoms with Crippen LogP contribution in [-0.2, 0) is 0 Å². The van der Waals surface area contributed by atoms with E-state index >= 15 is 0 Å². The SMILES string of the molecule is O=C1SCCC(CS)S1. The maximum absolute atomic E-state index is 10.7. The monoisotopic (exact) mass is 180 g/mol. The predicted octanol–water partition coefficient (Wildman–Crippen LogP) is 2.27. The van der Waals surface area contributed by atoms with Crippen molar-refractivity contribution in [2.45, 2.75) is 11.7 Å². The minimum Gasteiger partial charge on any atom is -0.274 e. The molecule has 1 heterocycles. The van der Waals surface area contributed by atoms with Crippen molar-refractivity contribution in [1.29, 1.82) is 0 Å². The zero-order valence-corrected chi connectivity index (χ0v) is 7.40. The van der Waals surface area contributed by atoms with E-state index in [9.17, 15) is 4.79 Å². The summed E-state index contributed by atoms with van der Waals surface area (Å²) in [6.07, 6.45) is 1.13. The van der Waals surface area contributed by atoms with Gasteiger partial charge in [0.25, 0.3) is 0 Å². The van der Waals surface area contributed by atoms with Gasteiger partial charge in [-0.25, -0.2) is 0 Å². The molecular weight excluding hydrogens is 172 g/mol. The third kappa shape index (κ3) is 2.43. The molecule has 0 spiro atoms. The lowest BCUT2D eigenvalue weighted by atomic mass is 10.4. The molecule has 1 unspecified atom stereocenters. The van der Waals surface area contributed by atoms with Gasteiger partial charge in [0, 0.05) is 16.8 Å². The first kappa shape index (κ1) is 7.82. The molecule has 1 rings (SSSR count). The fourth-order valence-corrected chi connectivity index (χ4v) is 3.27. The Morgan fingerprint density at radius 2 is 2.56 bits per heavy atom. The topological polar surface area (TPSA) is 17.1 Å². The van der Waals surface area contributed by atoms with Gasteiger partial charge in [-0.2, -0.15) is 12.6 Å². The second-order valence-electron chi connectivity index (χ2n) is 1.81. The molecule has 52 valence electrons. The van der Waals surface area contributed by atoms with Gasteiger partial charge in [-0.3, -0.25) is 4.79 Å². The summed E-state index contributed by atoms with van der Waals surface area (Å²) in [7, 11) is 0. The number of hydrogen-bond donors (Lipinski definition) is 1. The summed E-state index contributed by atoms with van der Waals surface area (Å²) in [4.78, 5) is 10.7. The van der Waals surface area contributed by atoms with Crippen LogP contribution in [0.2, 0.25) is 0 Å². The Morgan fingerprint density at radius 1 is 1.78 bits per heavy atom. The second kappa shape index (κ2) is 3.78. The van der Waals surface area contributed by atoms with E-state index in [1.807, 2.05) is 0 Å². The number of rotatable bonds is 1.